The molecule has 2 aromatic carbocycles. The van der Waals surface area contributed by atoms with Crippen LogP contribution in [0.4, 0.5) is 16.2 Å². The molecule has 0 radical (unpaired) electrons. The average Bonchev–Trinajstić information content (AvgIpc) is 2.70. The zero-order valence-electron chi connectivity index (χ0n) is 16.7. The summed E-state index contributed by atoms with van der Waals surface area (Å²) in [6, 6.07) is 13.8. The first kappa shape index (κ1) is 20.6. The fourth-order valence-corrected chi connectivity index (χ4v) is 3.21. The van der Waals surface area contributed by atoms with Gasteiger partial charge in [0.15, 0.2) is 0 Å². The molecule has 1 saturated heterocycles. The Morgan fingerprint density at radius 3 is 2.45 bits per heavy atom. The largest absolute Gasteiger partial charge is 0.491 e. The summed E-state index contributed by atoms with van der Waals surface area (Å²) >= 11 is 0. The first-order valence-corrected chi connectivity index (χ1v) is 9.69. The second kappa shape index (κ2) is 9.38. The van der Waals surface area contributed by atoms with Gasteiger partial charge in [0.05, 0.1) is 11.0 Å². The second-order valence-electron chi connectivity index (χ2n) is 7.31. The quantitative estimate of drug-likeness (QED) is 0.592. The summed E-state index contributed by atoms with van der Waals surface area (Å²) in [7, 11) is 0. The highest BCUT2D eigenvalue weighted by Gasteiger charge is 2.21. The van der Waals surface area contributed by atoms with Crippen LogP contribution in [-0.2, 0) is 6.54 Å². The molecule has 29 heavy (non-hydrogen) atoms. The van der Waals surface area contributed by atoms with Gasteiger partial charge in [-0.25, -0.2) is 4.79 Å². The summed E-state index contributed by atoms with van der Waals surface area (Å²) in [5.41, 5.74) is 1.59. The summed E-state index contributed by atoms with van der Waals surface area (Å²) in [6.07, 6.45) is 0.155. The number of nitro benzene ring substituents is 1. The Morgan fingerprint density at radius 2 is 1.83 bits per heavy atom. The Morgan fingerprint density at radius 1 is 1.14 bits per heavy atom. The molecule has 3 rings (SSSR count). The molecule has 1 aliphatic rings. The van der Waals surface area contributed by atoms with Gasteiger partial charge >= 0.3 is 6.03 Å². The van der Waals surface area contributed by atoms with Crippen LogP contribution in [0.25, 0.3) is 0 Å². The number of carbonyl (C=O) groups is 1. The van der Waals surface area contributed by atoms with Crippen LogP contribution in [0.5, 0.6) is 5.75 Å². The summed E-state index contributed by atoms with van der Waals surface area (Å²) in [5.74, 6) is 0.867. The van der Waals surface area contributed by atoms with E-state index in [4.69, 9.17) is 4.74 Å². The molecule has 8 nitrogen and oxygen atoms in total. The van der Waals surface area contributed by atoms with Gasteiger partial charge < -0.3 is 15.0 Å². The summed E-state index contributed by atoms with van der Waals surface area (Å²) < 4.78 is 5.67. The standard InChI is InChI=1S/C21H26N4O4/c1-16(2)29-20-8-6-17(7-9-20)15-23-10-12-24(13-11-23)21(26)22-18-4-3-5-19(14-18)25(27)28/h3-9,14,16H,10-13,15H2,1-2H3,(H,22,26). The monoisotopic (exact) mass is 398 g/mol. The van der Waals surface area contributed by atoms with Gasteiger partial charge in [-0.15, -0.1) is 0 Å². The summed E-state index contributed by atoms with van der Waals surface area (Å²) in [6.45, 7) is 7.58. The molecule has 8 heteroatoms. The van der Waals surface area contributed by atoms with Crippen LogP contribution in [0.15, 0.2) is 48.5 Å². The maximum absolute atomic E-state index is 12.5. The van der Waals surface area contributed by atoms with Crippen molar-refractivity contribution in [1.82, 2.24) is 9.80 Å². The lowest BCUT2D eigenvalue weighted by Gasteiger charge is -2.34. The highest BCUT2D eigenvalue weighted by atomic mass is 16.6. The predicted molar refractivity (Wildman–Crippen MR) is 111 cm³/mol. The highest BCUT2D eigenvalue weighted by molar-refractivity contribution is 5.89. The number of piperazine rings is 1. The highest BCUT2D eigenvalue weighted by Crippen LogP contribution is 2.19. The molecule has 0 unspecified atom stereocenters. The third-order valence-electron chi connectivity index (χ3n) is 4.67. The first-order chi connectivity index (χ1) is 13.9. The van der Waals surface area contributed by atoms with Gasteiger partial charge in [0.2, 0.25) is 0 Å². The lowest BCUT2D eigenvalue weighted by atomic mass is 10.2. The van der Waals surface area contributed by atoms with Crippen molar-refractivity contribution >= 4 is 17.4 Å². The molecule has 2 amide bonds. The van der Waals surface area contributed by atoms with Crippen molar-refractivity contribution in [3.05, 3.63) is 64.2 Å². The number of urea groups is 1. The Kier molecular flexibility index (Phi) is 6.66. The van der Waals surface area contributed by atoms with Crippen LogP contribution >= 0.6 is 0 Å². The minimum absolute atomic E-state index is 0.0440. The third kappa shape index (κ3) is 5.92. The first-order valence-electron chi connectivity index (χ1n) is 9.69. The zero-order valence-corrected chi connectivity index (χ0v) is 16.7. The lowest BCUT2D eigenvalue weighted by molar-refractivity contribution is -0.384. The number of nitrogens with one attached hydrogen (secondary N) is 1. The summed E-state index contributed by atoms with van der Waals surface area (Å²) in [4.78, 5) is 26.9. The molecule has 0 spiro atoms. The van der Waals surface area contributed by atoms with Crippen molar-refractivity contribution < 1.29 is 14.5 Å². The Hall–Kier alpha value is -3.13. The fraction of sp³-hybridized carbons (Fsp3) is 0.381. The number of nitro groups is 1. The van der Waals surface area contributed by atoms with E-state index in [0.29, 0.717) is 18.8 Å². The van der Waals surface area contributed by atoms with E-state index in [1.54, 1.807) is 17.0 Å². The Balaban J connectivity index is 1.48. The number of benzene rings is 2. The smallest absolute Gasteiger partial charge is 0.321 e. The topological polar surface area (TPSA) is 88.0 Å². The van der Waals surface area contributed by atoms with Crippen molar-refractivity contribution in [2.75, 3.05) is 31.5 Å². The number of hydrogen-bond donors (Lipinski definition) is 1. The molecular formula is C21H26N4O4. The van der Waals surface area contributed by atoms with E-state index in [1.165, 1.54) is 17.7 Å². The minimum Gasteiger partial charge on any atom is -0.491 e. The average molecular weight is 398 g/mol. The number of rotatable bonds is 6. The number of anilines is 1. The van der Waals surface area contributed by atoms with Crippen molar-refractivity contribution in [3.63, 3.8) is 0 Å². The van der Waals surface area contributed by atoms with Crippen LogP contribution in [-0.4, -0.2) is 53.0 Å². The van der Waals surface area contributed by atoms with Crippen molar-refractivity contribution in [3.8, 4) is 5.75 Å². The van der Waals surface area contributed by atoms with Crippen LogP contribution in [0, 0.1) is 10.1 Å². The van der Waals surface area contributed by atoms with Gasteiger partial charge in [-0.05, 0) is 37.6 Å². The van der Waals surface area contributed by atoms with E-state index in [1.807, 2.05) is 26.0 Å². The number of amides is 2. The number of ether oxygens (including phenoxy) is 1. The van der Waals surface area contributed by atoms with Crippen molar-refractivity contribution in [2.24, 2.45) is 0 Å². The Labute approximate surface area is 170 Å². The van der Waals surface area contributed by atoms with Crippen LogP contribution < -0.4 is 10.1 Å². The van der Waals surface area contributed by atoms with E-state index in [2.05, 4.69) is 22.3 Å². The molecule has 0 saturated carbocycles. The van der Waals surface area contributed by atoms with E-state index in [0.717, 1.165) is 25.4 Å². The van der Waals surface area contributed by atoms with Crippen LogP contribution in [0.3, 0.4) is 0 Å². The number of carbonyl (C=O) groups excluding carboxylic acids is 1. The van der Waals surface area contributed by atoms with Crippen LogP contribution in [0.1, 0.15) is 19.4 Å². The molecule has 154 valence electrons. The summed E-state index contributed by atoms with van der Waals surface area (Å²) in [5, 5.41) is 13.6. The van der Waals surface area contributed by atoms with Gasteiger partial charge in [-0.1, -0.05) is 18.2 Å². The molecule has 1 fully saturated rings. The molecule has 0 bridgehead atoms. The van der Waals surface area contributed by atoms with E-state index in [-0.39, 0.29) is 17.8 Å². The number of nitrogens with zero attached hydrogens (tertiary/aromatic N) is 3. The van der Waals surface area contributed by atoms with E-state index in [9.17, 15) is 14.9 Å². The SMILES string of the molecule is CC(C)Oc1ccc(CN2CCN(C(=O)Nc3cccc([N+](=O)[O-])c3)CC2)cc1. The fourth-order valence-electron chi connectivity index (χ4n) is 3.21. The number of hydrogen-bond acceptors (Lipinski definition) is 5. The number of non-ortho nitro benzene ring substituents is 1. The van der Waals surface area contributed by atoms with Gasteiger partial charge in [0, 0.05) is 50.5 Å². The molecule has 0 atom stereocenters. The molecule has 1 aliphatic heterocycles. The van der Waals surface area contributed by atoms with Crippen LogP contribution in [0.2, 0.25) is 0 Å². The van der Waals surface area contributed by atoms with E-state index >= 15 is 0 Å². The minimum atomic E-state index is -0.476. The second-order valence-corrected chi connectivity index (χ2v) is 7.31. The lowest BCUT2D eigenvalue weighted by Crippen LogP contribution is -2.49. The molecule has 0 aromatic heterocycles. The molecule has 1 N–H and O–H groups in total. The Bertz CT molecular complexity index is 846. The predicted octanol–water partition coefficient (Wildman–Crippen LogP) is 3.73. The molecular weight excluding hydrogens is 372 g/mol. The molecule has 2 aromatic rings. The van der Waals surface area contributed by atoms with Crippen molar-refractivity contribution in [2.45, 2.75) is 26.5 Å². The maximum Gasteiger partial charge on any atom is 0.321 e. The van der Waals surface area contributed by atoms with E-state index < -0.39 is 4.92 Å². The zero-order chi connectivity index (χ0) is 20.8. The van der Waals surface area contributed by atoms with Gasteiger partial charge in [-0.2, -0.15) is 0 Å². The van der Waals surface area contributed by atoms with Gasteiger partial charge in [0.25, 0.3) is 5.69 Å². The maximum atomic E-state index is 12.5. The van der Waals surface area contributed by atoms with Crippen molar-refractivity contribution in [1.29, 1.82) is 0 Å². The molecule has 1 heterocycles. The molecule has 0 aliphatic carbocycles. The van der Waals surface area contributed by atoms with Gasteiger partial charge in [0.1, 0.15) is 5.75 Å². The van der Waals surface area contributed by atoms with Gasteiger partial charge in [-0.3, -0.25) is 15.0 Å². The normalized spacial score (nSPS) is 14.7. The third-order valence-corrected chi connectivity index (χ3v) is 4.67.